The van der Waals surface area contributed by atoms with Crippen LogP contribution in [0.3, 0.4) is 0 Å². The maximum Gasteiger partial charge on any atom is 0.416 e. The Bertz CT molecular complexity index is 464. The summed E-state index contributed by atoms with van der Waals surface area (Å²) >= 11 is 0. The second-order valence-corrected chi connectivity index (χ2v) is 3.31. The molecule has 1 aromatic rings. The molecule has 0 saturated carbocycles. The van der Waals surface area contributed by atoms with Crippen molar-refractivity contribution in [3.8, 4) is 5.75 Å². The van der Waals surface area contributed by atoms with Crippen molar-refractivity contribution in [2.45, 2.75) is 13.1 Å². The normalized spacial score (nSPS) is 11.1. The minimum atomic E-state index is -4.60. The molecule has 17 heavy (non-hydrogen) atoms. The summed E-state index contributed by atoms with van der Waals surface area (Å²) in [5, 5.41) is 0. The number of aldehydes is 1. The monoisotopic (exact) mass is 246 g/mol. The summed E-state index contributed by atoms with van der Waals surface area (Å²) in [6.07, 6.45) is -4.30. The molecule has 92 valence electrons. The lowest BCUT2D eigenvalue weighted by atomic mass is 10.0. The number of Topliss-reactive ketones (excluding diaryl/α,β-unsaturated/α-hetero) is 1. The zero-order chi connectivity index (χ0) is 13.2. The molecule has 3 nitrogen and oxygen atoms in total. The number of carbonyl (C=O) groups is 2. The number of hydrogen-bond donors (Lipinski definition) is 0. The van der Waals surface area contributed by atoms with Crippen molar-refractivity contribution < 1.29 is 27.5 Å². The molecule has 0 aliphatic heterocycles. The largest absolute Gasteiger partial charge is 0.496 e. The van der Waals surface area contributed by atoms with Gasteiger partial charge >= 0.3 is 6.18 Å². The minimum Gasteiger partial charge on any atom is -0.496 e. The van der Waals surface area contributed by atoms with Crippen molar-refractivity contribution in [2.24, 2.45) is 0 Å². The number of ether oxygens (including phenoxy) is 1. The van der Waals surface area contributed by atoms with Gasteiger partial charge in [0.2, 0.25) is 0 Å². The first-order valence-electron chi connectivity index (χ1n) is 4.56. The molecule has 0 aliphatic carbocycles. The Balaban J connectivity index is 3.57. The van der Waals surface area contributed by atoms with Gasteiger partial charge < -0.3 is 4.74 Å². The van der Waals surface area contributed by atoms with Gasteiger partial charge in [-0.15, -0.1) is 0 Å². The molecule has 0 atom stereocenters. The van der Waals surface area contributed by atoms with Gasteiger partial charge in [-0.05, 0) is 19.1 Å². The smallest absolute Gasteiger partial charge is 0.416 e. The van der Waals surface area contributed by atoms with E-state index in [1.165, 1.54) is 0 Å². The molecule has 0 saturated heterocycles. The number of carbonyl (C=O) groups excluding carboxylic acids is 2. The van der Waals surface area contributed by atoms with Gasteiger partial charge in [-0.25, -0.2) is 0 Å². The first-order chi connectivity index (χ1) is 7.81. The Kier molecular flexibility index (Phi) is 3.55. The molecule has 0 aliphatic rings. The second kappa shape index (κ2) is 4.57. The fourth-order valence-corrected chi connectivity index (χ4v) is 1.37. The van der Waals surface area contributed by atoms with E-state index in [1.54, 1.807) is 0 Å². The van der Waals surface area contributed by atoms with Crippen LogP contribution in [0.15, 0.2) is 12.1 Å². The van der Waals surface area contributed by atoms with Gasteiger partial charge in [-0.2, -0.15) is 13.2 Å². The number of hydrogen-bond acceptors (Lipinski definition) is 3. The van der Waals surface area contributed by atoms with E-state index >= 15 is 0 Å². The van der Waals surface area contributed by atoms with Crippen LogP contribution in [0.1, 0.15) is 33.2 Å². The van der Waals surface area contributed by atoms with Gasteiger partial charge in [0.15, 0.2) is 12.1 Å². The van der Waals surface area contributed by atoms with Crippen LogP contribution in [-0.2, 0) is 6.18 Å². The number of methoxy groups -OCH3 is 1. The zero-order valence-electron chi connectivity index (χ0n) is 9.09. The third-order valence-electron chi connectivity index (χ3n) is 2.19. The highest BCUT2D eigenvalue weighted by Crippen LogP contribution is 2.34. The van der Waals surface area contributed by atoms with Gasteiger partial charge in [0.05, 0.1) is 18.2 Å². The van der Waals surface area contributed by atoms with Crippen LogP contribution < -0.4 is 4.74 Å². The van der Waals surface area contributed by atoms with E-state index < -0.39 is 17.5 Å². The summed E-state index contributed by atoms with van der Waals surface area (Å²) in [5.74, 6) is -0.892. The van der Waals surface area contributed by atoms with Crippen LogP contribution in [0.25, 0.3) is 0 Å². The summed E-state index contributed by atoms with van der Waals surface area (Å²) in [6.45, 7) is 1.09. The lowest BCUT2D eigenvalue weighted by Gasteiger charge is -2.13. The van der Waals surface area contributed by atoms with E-state index in [4.69, 9.17) is 0 Å². The maximum atomic E-state index is 12.5. The third-order valence-corrected chi connectivity index (χ3v) is 2.19. The maximum absolute atomic E-state index is 12.5. The molecule has 0 bridgehead atoms. The first-order valence-corrected chi connectivity index (χ1v) is 4.56. The molecule has 0 spiro atoms. The van der Waals surface area contributed by atoms with E-state index in [2.05, 4.69) is 4.74 Å². The van der Waals surface area contributed by atoms with Gasteiger partial charge in [0.1, 0.15) is 5.75 Å². The minimum absolute atomic E-state index is 0.173. The van der Waals surface area contributed by atoms with Crippen LogP contribution in [0.2, 0.25) is 0 Å². The third kappa shape index (κ3) is 2.64. The molecule has 1 rings (SSSR count). The van der Waals surface area contributed by atoms with Gasteiger partial charge in [-0.1, -0.05) is 0 Å². The van der Waals surface area contributed by atoms with Crippen LogP contribution in [0.4, 0.5) is 13.2 Å². The Hall–Kier alpha value is -1.85. The van der Waals surface area contributed by atoms with Crippen LogP contribution in [0.5, 0.6) is 5.75 Å². The Morgan fingerprint density at radius 3 is 2.29 bits per heavy atom. The SMILES string of the molecule is COc1cc(C(F)(F)F)cc(C(C)=O)c1C=O. The molecule has 0 N–H and O–H groups in total. The van der Waals surface area contributed by atoms with Gasteiger partial charge in [0.25, 0.3) is 0 Å². The molecule has 0 amide bonds. The van der Waals surface area contributed by atoms with E-state index in [-0.39, 0.29) is 16.9 Å². The fourth-order valence-electron chi connectivity index (χ4n) is 1.37. The molecule has 1 aromatic carbocycles. The van der Waals surface area contributed by atoms with Gasteiger partial charge in [-0.3, -0.25) is 9.59 Å². The summed E-state index contributed by atoms with van der Waals surface area (Å²) in [7, 11) is 1.13. The quantitative estimate of drug-likeness (QED) is 0.608. The lowest BCUT2D eigenvalue weighted by Crippen LogP contribution is -2.10. The number of ketones is 1. The topological polar surface area (TPSA) is 43.4 Å². The average molecular weight is 246 g/mol. The molecule has 6 heteroatoms. The standard InChI is InChI=1S/C11H9F3O3/c1-6(16)8-3-7(11(12,13)14)4-10(17-2)9(8)5-15/h3-5H,1-2H3. The average Bonchev–Trinajstić information content (AvgIpc) is 2.25. The summed E-state index contributed by atoms with van der Waals surface area (Å²) in [4.78, 5) is 21.9. The van der Waals surface area contributed by atoms with Crippen molar-refractivity contribution >= 4 is 12.1 Å². The van der Waals surface area contributed by atoms with Crippen molar-refractivity contribution in [1.82, 2.24) is 0 Å². The van der Waals surface area contributed by atoms with Gasteiger partial charge in [0, 0.05) is 5.56 Å². The number of benzene rings is 1. The van der Waals surface area contributed by atoms with E-state index in [1.807, 2.05) is 0 Å². The molecule has 0 unspecified atom stereocenters. The Labute approximate surface area is 95.2 Å². The number of rotatable bonds is 3. The summed E-state index contributed by atoms with van der Waals surface area (Å²) in [5.41, 5.74) is -1.50. The summed E-state index contributed by atoms with van der Waals surface area (Å²) < 4.78 is 42.3. The second-order valence-electron chi connectivity index (χ2n) is 3.31. The fraction of sp³-hybridized carbons (Fsp3) is 0.273. The molecule has 0 fully saturated rings. The molecular weight excluding hydrogens is 237 g/mol. The van der Waals surface area contributed by atoms with Crippen molar-refractivity contribution in [3.63, 3.8) is 0 Å². The number of alkyl halides is 3. The van der Waals surface area contributed by atoms with Crippen LogP contribution in [0, 0.1) is 0 Å². The Morgan fingerprint density at radius 2 is 1.94 bits per heavy atom. The molecule has 0 aromatic heterocycles. The van der Waals surface area contributed by atoms with E-state index in [9.17, 15) is 22.8 Å². The van der Waals surface area contributed by atoms with E-state index in [0.717, 1.165) is 14.0 Å². The lowest BCUT2D eigenvalue weighted by molar-refractivity contribution is -0.137. The van der Waals surface area contributed by atoms with Crippen molar-refractivity contribution in [3.05, 3.63) is 28.8 Å². The predicted octanol–water partition coefficient (Wildman–Crippen LogP) is 2.73. The molecular formula is C11H9F3O3. The van der Waals surface area contributed by atoms with Crippen molar-refractivity contribution in [2.75, 3.05) is 7.11 Å². The van der Waals surface area contributed by atoms with Crippen LogP contribution in [-0.4, -0.2) is 19.2 Å². The number of halogens is 3. The first kappa shape index (κ1) is 13.2. The molecule has 0 radical (unpaired) electrons. The molecule has 0 heterocycles. The van der Waals surface area contributed by atoms with Crippen molar-refractivity contribution in [1.29, 1.82) is 0 Å². The van der Waals surface area contributed by atoms with E-state index in [0.29, 0.717) is 18.4 Å². The highest BCUT2D eigenvalue weighted by atomic mass is 19.4. The predicted molar refractivity (Wildman–Crippen MR) is 53.4 cm³/mol. The highest BCUT2D eigenvalue weighted by Gasteiger charge is 2.33. The van der Waals surface area contributed by atoms with Crippen LogP contribution >= 0.6 is 0 Å². The highest BCUT2D eigenvalue weighted by molar-refractivity contribution is 6.03. The Morgan fingerprint density at radius 1 is 1.35 bits per heavy atom. The zero-order valence-corrected chi connectivity index (χ0v) is 9.09. The summed E-state index contributed by atoms with van der Waals surface area (Å²) in [6, 6.07) is 1.34.